The molecule has 0 radical (unpaired) electrons. The van der Waals surface area contributed by atoms with E-state index in [1.807, 2.05) is 29.5 Å². The van der Waals surface area contributed by atoms with E-state index in [9.17, 15) is 0 Å². The standard InChI is InChI=1S/C61H55BN2O2S/c1-35(2)42-30-49-56-50(31-42)64(57-36(3)27-44(28-37(57)4)61(8,9)10)58-46-34-43(60(5,6)7)22-26-55(46)67-59(58)62(56)47-29-41(54-33-40-16-12-14-18-52(40)66-54)21-25-48(47)63(49)45-23-19-38(20-24-45)53-32-39-15-11-13-17-51(39)65-53/h11-35H,1-10H3. The van der Waals surface area contributed by atoms with Crippen LogP contribution in [0, 0.1) is 13.8 Å². The van der Waals surface area contributed by atoms with Crippen molar-refractivity contribution in [1.82, 2.24) is 0 Å². The van der Waals surface area contributed by atoms with Crippen molar-refractivity contribution < 1.29 is 8.83 Å². The van der Waals surface area contributed by atoms with Crippen LogP contribution in [0.3, 0.4) is 0 Å². The van der Waals surface area contributed by atoms with E-state index in [0.717, 1.165) is 50.3 Å². The summed E-state index contributed by atoms with van der Waals surface area (Å²) in [6.07, 6.45) is 0. The number of furan rings is 2. The van der Waals surface area contributed by atoms with E-state index in [1.165, 1.54) is 82.0 Å². The number of benzene rings is 7. The second kappa shape index (κ2) is 14.9. The van der Waals surface area contributed by atoms with Gasteiger partial charge in [-0.2, -0.15) is 0 Å². The average Bonchev–Trinajstić information content (AvgIpc) is 4.04. The maximum absolute atomic E-state index is 6.62. The molecule has 7 aromatic carbocycles. The Morgan fingerprint density at radius 3 is 1.72 bits per heavy atom. The van der Waals surface area contributed by atoms with E-state index in [2.05, 4.69) is 206 Å². The van der Waals surface area contributed by atoms with Crippen molar-refractivity contribution in [3.8, 4) is 22.6 Å². The van der Waals surface area contributed by atoms with Gasteiger partial charge >= 0.3 is 0 Å². The highest BCUT2D eigenvalue weighted by molar-refractivity contribution is 7.33. The molecule has 6 heteroatoms. The summed E-state index contributed by atoms with van der Waals surface area (Å²) < 4.78 is 15.7. The van der Waals surface area contributed by atoms with Crippen LogP contribution in [0.2, 0.25) is 0 Å². The number of fused-ring (bicyclic) bond motifs is 8. The van der Waals surface area contributed by atoms with Gasteiger partial charge in [-0.05, 0) is 154 Å². The van der Waals surface area contributed by atoms with Gasteiger partial charge in [0.25, 0.3) is 6.71 Å². The van der Waals surface area contributed by atoms with E-state index in [4.69, 9.17) is 8.83 Å². The number of aryl methyl sites for hydroxylation is 2. The van der Waals surface area contributed by atoms with Crippen molar-refractivity contribution in [2.24, 2.45) is 0 Å². The molecule has 0 bridgehead atoms. The van der Waals surface area contributed by atoms with Crippen molar-refractivity contribution in [3.05, 3.63) is 173 Å². The molecular formula is C61H55BN2O2S. The van der Waals surface area contributed by atoms with Gasteiger partial charge in [0.2, 0.25) is 0 Å². The number of hydrogen-bond acceptors (Lipinski definition) is 5. The van der Waals surface area contributed by atoms with Gasteiger partial charge in [0.15, 0.2) is 0 Å². The molecule has 0 N–H and O–H groups in total. The highest BCUT2D eigenvalue weighted by Gasteiger charge is 2.46. The lowest BCUT2D eigenvalue weighted by molar-refractivity contribution is 0.589. The monoisotopic (exact) mass is 890 g/mol. The molecule has 0 unspecified atom stereocenters. The summed E-state index contributed by atoms with van der Waals surface area (Å²) in [5.41, 5.74) is 20.4. The number of para-hydroxylation sites is 2. The fraction of sp³-hybridized carbons (Fsp3) is 0.213. The molecule has 0 amide bonds. The first-order valence-electron chi connectivity index (χ1n) is 23.8. The van der Waals surface area contributed by atoms with Gasteiger partial charge in [-0.1, -0.05) is 116 Å². The molecule has 0 aliphatic carbocycles. The molecule has 0 fully saturated rings. The summed E-state index contributed by atoms with van der Waals surface area (Å²) in [5.74, 6) is 2.03. The Balaban J connectivity index is 1.16. The summed E-state index contributed by atoms with van der Waals surface area (Å²) in [6.45, 7) is 23.2. The minimum absolute atomic E-state index is 0.0152. The molecule has 10 aromatic rings. The molecular weight excluding hydrogens is 836 g/mol. The minimum Gasteiger partial charge on any atom is -0.456 e. The lowest BCUT2D eigenvalue weighted by atomic mass is 9.36. The molecule has 12 rings (SSSR count). The summed E-state index contributed by atoms with van der Waals surface area (Å²) in [4.78, 5) is 5.20. The Hall–Kier alpha value is -6.76. The fourth-order valence-electron chi connectivity index (χ4n) is 10.7. The van der Waals surface area contributed by atoms with Crippen LogP contribution in [-0.2, 0) is 10.8 Å². The lowest BCUT2D eigenvalue weighted by Crippen LogP contribution is -2.60. The second-order valence-electron chi connectivity index (χ2n) is 21.3. The highest BCUT2D eigenvalue weighted by atomic mass is 32.1. The van der Waals surface area contributed by atoms with Gasteiger partial charge in [0.05, 0.1) is 11.4 Å². The zero-order chi connectivity index (χ0) is 46.3. The van der Waals surface area contributed by atoms with Gasteiger partial charge in [-0.25, -0.2) is 0 Å². The number of hydrogen-bond donors (Lipinski definition) is 0. The Labute approximate surface area is 398 Å². The molecule has 67 heavy (non-hydrogen) atoms. The zero-order valence-electron chi connectivity index (χ0n) is 40.1. The molecule has 2 aliphatic heterocycles. The van der Waals surface area contributed by atoms with Gasteiger partial charge in [0.1, 0.15) is 22.7 Å². The Bertz CT molecular complexity index is 3540. The largest absolute Gasteiger partial charge is 0.456 e. The van der Waals surface area contributed by atoms with Crippen molar-refractivity contribution in [3.63, 3.8) is 0 Å². The molecule has 5 heterocycles. The molecule has 0 saturated carbocycles. The van der Waals surface area contributed by atoms with Crippen LogP contribution in [-0.4, -0.2) is 6.71 Å². The van der Waals surface area contributed by atoms with Crippen molar-refractivity contribution in [1.29, 1.82) is 0 Å². The average molecular weight is 891 g/mol. The Kier molecular flexibility index (Phi) is 9.25. The predicted octanol–water partition coefficient (Wildman–Crippen LogP) is 16.1. The topological polar surface area (TPSA) is 32.8 Å². The number of anilines is 6. The molecule has 330 valence electrons. The Morgan fingerprint density at radius 1 is 0.537 bits per heavy atom. The minimum atomic E-state index is -0.0344. The van der Waals surface area contributed by atoms with Crippen molar-refractivity contribution in [2.45, 2.75) is 86.0 Å². The van der Waals surface area contributed by atoms with Gasteiger partial charge in [-0.3, -0.25) is 0 Å². The Morgan fingerprint density at radius 2 is 1.12 bits per heavy atom. The van der Waals surface area contributed by atoms with Crippen molar-refractivity contribution >= 4 is 99.9 Å². The van der Waals surface area contributed by atoms with Crippen LogP contribution in [0.5, 0.6) is 0 Å². The summed E-state index contributed by atoms with van der Waals surface area (Å²) in [6, 6.07) is 54.0. The maximum Gasteiger partial charge on any atom is 0.264 e. The number of nitrogens with zero attached hydrogens (tertiary/aromatic N) is 2. The quantitative estimate of drug-likeness (QED) is 0.161. The van der Waals surface area contributed by atoms with E-state index in [0.29, 0.717) is 0 Å². The SMILES string of the molecule is Cc1cc(C(C)(C)C)cc(C)c1N1c2cc(C(C)C)cc3c2B(c2cc(-c4cc5ccccc5o4)ccc2N3c2ccc(-c3cc4ccccc4o3)cc2)c2sc3ccc(C(C)(C)C)cc3c21. The normalized spacial score (nSPS) is 13.6. The van der Waals surface area contributed by atoms with E-state index in [-0.39, 0.29) is 23.5 Å². The smallest absolute Gasteiger partial charge is 0.264 e. The van der Waals surface area contributed by atoms with Gasteiger partial charge in [0, 0.05) is 59.5 Å². The molecule has 2 aliphatic rings. The summed E-state index contributed by atoms with van der Waals surface area (Å²) in [5, 5.41) is 3.52. The third-order valence-electron chi connectivity index (χ3n) is 14.3. The van der Waals surface area contributed by atoms with E-state index in [1.54, 1.807) is 0 Å². The fourth-order valence-corrected chi connectivity index (χ4v) is 12.0. The lowest BCUT2D eigenvalue weighted by Gasteiger charge is -2.44. The third-order valence-corrected chi connectivity index (χ3v) is 15.6. The van der Waals surface area contributed by atoms with Crippen molar-refractivity contribution in [2.75, 3.05) is 9.80 Å². The predicted molar refractivity (Wildman–Crippen MR) is 287 cm³/mol. The van der Waals surface area contributed by atoms with Crippen LogP contribution in [0.1, 0.15) is 89.1 Å². The zero-order valence-corrected chi connectivity index (χ0v) is 40.9. The van der Waals surface area contributed by atoms with Crippen LogP contribution >= 0.6 is 11.3 Å². The van der Waals surface area contributed by atoms with E-state index >= 15 is 0 Å². The van der Waals surface area contributed by atoms with Gasteiger partial charge in [-0.15, -0.1) is 11.3 Å². The molecule has 3 aromatic heterocycles. The second-order valence-corrected chi connectivity index (χ2v) is 22.4. The molecule has 4 nitrogen and oxygen atoms in total. The highest BCUT2D eigenvalue weighted by Crippen LogP contribution is 2.51. The van der Waals surface area contributed by atoms with Gasteiger partial charge < -0.3 is 18.6 Å². The van der Waals surface area contributed by atoms with E-state index < -0.39 is 0 Å². The van der Waals surface area contributed by atoms with Crippen LogP contribution in [0.25, 0.3) is 54.7 Å². The van der Waals surface area contributed by atoms with Crippen LogP contribution in [0.4, 0.5) is 34.1 Å². The first-order chi connectivity index (χ1) is 32.1. The summed E-state index contributed by atoms with van der Waals surface area (Å²) >= 11 is 1.96. The van der Waals surface area contributed by atoms with Crippen LogP contribution < -0.4 is 25.5 Å². The number of rotatable bonds is 5. The third kappa shape index (κ3) is 6.62. The summed E-state index contributed by atoms with van der Waals surface area (Å²) in [7, 11) is 0. The maximum atomic E-state index is 6.62. The first kappa shape index (κ1) is 41.7. The molecule has 0 saturated heterocycles. The van der Waals surface area contributed by atoms with Crippen LogP contribution in [0.15, 0.2) is 154 Å². The molecule has 0 spiro atoms. The number of thiophene rings is 1. The molecule has 0 atom stereocenters. The first-order valence-corrected chi connectivity index (χ1v) is 24.6.